The maximum Gasteiger partial charge on any atom is 0.239 e. The first-order chi connectivity index (χ1) is 10.3. The fourth-order valence-electron chi connectivity index (χ4n) is 2.06. The lowest BCUT2D eigenvalue weighted by molar-refractivity contribution is -0.119. The summed E-state index contributed by atoms with van der Waals surface area (Å²) in [6.07, 6.45) is 4.05. The smallest absolute Gasteiger partial charge is 0.239 e. The van der Waals surface area contributed by atoms with E-state index in [2.05, 4.69) is 17.2 Å². The van der Waals surface area contributed by atoms with Crippen molar-refractivity contribution < 1.29 is 14.3 Å². The zero-order valence-electron chi connectivity index (χ0n) is 12.1. The molecule has 0 bridgehead atoms. The molecule has 1 fully saturated rings. The molecular weight excluding hydrogens is 268 g/mol. The van der Waals surface area contributed by atoms with Crippen LogP contribution in [0.1, 0.15) is 12.8 Å². The summed E-state index contributed by atoms with van der Waals surface area (Å²) < 4.78 is 11.2. The van der Waals surface area contributed by atoms with Gasteiger partial charge in [0.25, 0.3) is 0 Å². The van der Waals surface area contributed by atoms with Crippen molar-refractivity contribution in [1.82, 2.24) is 5.32 Å². The van der Waals surface area contributed by atoms with Crippen LogP contribution in [0.3, 0.4) is 0 Å². The highest BCUT2D eigenvalue weighted by Gasteiger charge is 2.15. The molecule has 1 amide bonds. The Bertz CT molecular complexity index is 453. The zero-order chi connectivity index (χ0) is 14.9. The third kappa shape index (κ3) is 5.47. The van der Waals surface area contributed by atoms with E-state index in [-0.39, 0.29) is 18.6 Å². The van der Waals surface area contributed by atoms with E-state index in [1.54, 1.807) is 6.08 Å². The van der Waals surface area contributed by atoms with Gasteiger partial charge in [-0.1, -0.05) is 6.08 Å². The normalized spacial score (nSPS) is 17.2. The van der Waals surface area contributed by atoms with Gasteiger partial charge in [-0.15, -0.1) is 6.58 Å². The summed E-state index contributed by atoms with van der Waals surface area (Å²) in [7, 11) is 0. The topological polar surface area (TPSA) is 59.6 Å². The molecule has 2 N–H and O–H groups in total. The fourth-order valence-corrected chi connectivity index (χ4v) is 2.06. The number of hydrogen-bond donors (Lipinski definition) is 2. The van der Waals surface area contributed by atoms with Gasteiger partial charge in [-0.3, -0.25) is 4.79 Å². The first-order valence-corrected chi connectivity index (χ1v) is 7.24. The van der Waals surface area contributed by atoms with Gasteiger partial charge in [0.1, 0.15) is 12.4 Å². The van der Waals surface area contributed by atoms with Crippen molar-refractivity contribution in [2.24, 2.45) is 0 Å². The number of rotatable bonds is 8. The zero-order valence-corrected chi connectivity index (χ0v) is 12.1. The number of ether oxygens (including phenoxy) is 2. The van der Waals surface area contributed by atoms with Gasteiger partial charge in [-0.05, 0) is 37.1 Å². The Labute approximate surface area is 125 Å². The van der Waals surface area contributed by atoms with Gasteiger partial charge in [0.2, 0.25) is 5.91 Å². The number of nitrogens with one attached hydrogen (secondary N) is 2. The van der Waals surface area contributed by atoms with E-state index in [1.165, 1.54) is 0 Å². The van der Waals surface area contributed by atoms with Gasteiger partial charge in [0, 0.05) is 18.8 Å². The molecule has 1 aromatic rings. The first-order valence-electron chi connectivity index (χ1n) is 7.24. The third-order valence-corrected chi connectivity index (χ3v) is 3.21. The minimum absolute atomic E-state index is 0.0615. The third-order valence-electron chi connectivity index (χ3n) is 3.21. The van der Waals surface area contributed by atoms with Gasteiger partial charge < -0.3 is 20.1 Å². The number of carbonyl (C=O) groups excluding carboxylic acids is 1. The van der Waals surface area contributed by atoms with E-state index in [0.717, 1.165) is 30.9 Å². The Hall–Kier alpha value is -2.01. The van der Waals surface area contributed by atoms with Crippen LogP contribution in [0.5, 0.6) is 5.75 Å². The molecule has 0 saturated carbocycles. The second-order valence-corrected chi connectivity index (χ2v) is 4.92. The molecule has 21 heavy (non-hydrogen) atoms. The molecule has 1 unspecified atom stereocenters. The highest BCUT2D eigenvalue weighted by atomic mass is 16.5. The van der Waals surface area contributed by atoms with Crippen molar-refractivity contribution in [3.05, 3.63) is 36.9 Å². The Balaban J connectivity index is 1.70. The number of carbonyl (C=O) groups is 1. The van der Waals surface area contributed by atoms with Crippen molar-refractivity contribution >= 4 is 11.6 Å². The molecule has 0 spiro atoms. The predicted octanol–water partition coefficient (Wildman–Crippen LogP) is 1.96. The lowest BCUT2D eigenvalue weighted by atomic mass is 10.2. The Kier molecular flexibility index (Phi) is 6.09. The van der Waals surface area contributed by atoms with Crippen LogP contribution in [0.25, 0.3) is 0 Å². The average Bonchev–Trinajstić information content (AvgIpc) is 3.03. The standard InChI is InChI=1S/C16H22N2O3/c1-2-9-17-16(19)11-18-13-5-7-14(8-6-13)21-12-15-4-3-10-20-15/h2,5-8,15,18H,1,3-4,9-12H2,(H,17,19). The molecule has 1 aliphatic rings. The van der Waals surface area contributed by atoms with Crippen molar-refractivity contribution in [1.29, 1.82) is 0 Å². The number of hydrogen-bond acceptors (Lipinski definition) is 4. The number of amides is 1. The summed E-state index contributed by atoms with van der Waals surface area (Å²) in [5.41, 5.74) is 0.883. The van der Waals surface area contributed by atoms with Crippen molar-refractivity contribution in [3.63, 3.8) is 0 Å². The summed E-state index contributed by atoms with van der Waals surface area (Å²) in [4.78, 5) is 11.4. The molecule has 0 aliphatic carbocycles. The van der Waals surface area contributed by atoms with Crippen LogP contribution in [0.2, 0.25) is 0 Å². The van der Waals surface area contributed by atoms with E-state index in [4.69, 9.17) is 9.47 Å². The minimum Gasteiger partial charge on any atom is -0.491 e. The van der Waals surface area contributed by atoms with Gasteiger partial charge in [0.15, 0.2) is 0 Å². The molecule has 5 heteroatoms. The van der Waals surface area contributed by atoms with Crippen LogP contribution in [0, 0.1) is 0 Å². The van der Waals surface area contributed by atoms with Crippen LogP contribution in [-0.4, -0.2) is 38.3 Å². The summed E-state index contributed by atoms with van der Waals surface area (Å²) >= 11 is 0. The second kappa shape index (κ2) is 8.32. The Morgan fingerprint density at radius 1 is 1.43 bits per heavy atom. The quantitative estimate of drug-likeness (QED) is 0.719. The van der Waals surface area contributed by atoms with Gasteiger partial charge in [-0.25, -0.2) is 0 Å². The molecule has 1 atom stereocenters. The molecule has 1 saturated heterocycles. The molecular formula is C16H22N2O3. The molecule has 1 heterocycles. The van der Waals surface area contributed by atoms with Crippen LogP contribution in [0.4, 0.5) is 5.69 Å². The molecule has 0 aromatic heterocycles. The number of anilines is 1. The van der Waals surface area contributed by atoms with E-state index in [9.17, 15) is 4.79 Å². The predicted molar refractivity (Wildman–Crippen MR) is 82.6 cm³/mol. The van der Waals surface area contributed by atoms with Crippen LogP contribution in [0.15, 0.2) is 36.9 Å². The minimum atomic E-state index is -0.0615. The SMILES string of the molecule is C=CCNC(=O)CNc1ccc(OCC2CCCO2)cc1. The molecule has 0 radical (unpaired) electrons. The Morgan fingerprint density at radius 3 is 2.90 bits per heavy atom. The first kappa shape index (κ1) is 15.4. The molecule has 114 valence electrons. The lowest BCUT2D eigenvalue weighted by Gasteiger charge is -2.12. The van der Waals surface area contributed by atoms with Crippen LogP contribution in [-0.2, 0) is 9.53 Å². The van der Waals surface area contributed by atoms with Crippen molar-refractivity contribution in [3.8, 4) is 5.75 Å². The molecule has 2 rings (SSSR count). The van der Waals surface area contributed by atoms with Crippen LogP contribution < -0.4 is 15.4 Å². The van der Waals surface area contributed by atoms with Crippen molar-refractivity contribution in [2.75, 3.05) is 31.6 Å². The summed E-state index contributed by atoms with van der Waals surface area (Å²) in [6.45, 7) is 5.70. The highest BCUT2D eigenvalue weighted by molar-refractivity contribution is 5.80. The van der Waals surface area contributed by atoms with E-state index < -0.39 is 0 Å². The highest BCUT2D eigenvalue weighted by Crippen LogP contribution is 2.18. The number of benzene rings is 1. The van der Waals surface area contributed by atoms with E-state index >= 15 is 0 Å². The van der Waals surface area contributed by atoms with Crippen LogP contribution >= 0.6 is 0 Å². The summed E-state index contributed by atoms with van der Waals surface area (Å²) in [5, 5.41) is 5.76. The Morgan fingerprint density at radius 2 is 2.24 bits per heavy atom. The average molecular weight is 290 g/mol. The summed E-state index contributed by atoms with van der Waals surface area (Å²) in [6, 6.07) is 7.56. The van der Waals surface area contributed by atoms with Gasteiger partial charge in [0.05, 0.1) is 12.6 Å². The van der Waals surface area contributed by atoms with E-state index in [1.807, 2.05) is 24.3 Å². The summed E-state index contributed by atoms with van der Waals surface area (Å²) in [5.74, 6) is 0.751. The monoisotopic (exact) mass is 290 g/mol. The van der Waals surface area contributed by atoms with Gasteiger partial charge in [-0.2, -0.15) is 0 Å². The molecule has 5 nitrogen and oxygen atoms in total. The maximum atomic E-state index is 11.4. The van der Waals surface area contributed by atoms with E-state index in [0.29, 0.717) is 13.2 Å². The maximum absolute atomic E-state index is 11.4. The second-order valence-electron chi connectivity index (χ2n) is 4.92. The lowest BCUT2D eigenvalue weighted by Crippen LogP contribution is -2.29. The molecule has 1 aliphatic heterocycles. The fraction of sp³-hybridized carbons (Fsp3) is 0.438. The van der Waals surface area contributed by atoms with Gasteiger partial charge >= 0.3 is 0 Å². The van der Waals surface area contributed by atoms with Crippen molar-refractivity contribution in [2.45, 2.75) is 18.9 Å². The largest absolute Gasteiger partial charge is 0.491 e. The molecule has 1 aromatic carbocycles.